The molecule has 0 aliphatic carbocycles. The molecule has 1 fully saturated rings. The number of hydrogen-bond acceptors (Lipinski definition) is 3. The fourth-order valence-electron chi connectivity index (χ4n) is 2.61. The van der Waals surface area contributed by atoms with Crippen LogP contribution in [-0.4, -0.2) is 50.7 Å². The van der Waals surface area contributed by atoms with Crippen LogP contribution < -0.4 is 5.32 Å². The topological polar surface area (TPSA) is 41.6 Å². The molecule has 116 valence electrons. The lowest BCUT2D eigenvalue weighted by Crippen LogP contribution is -2.39. The zero-order valence-electron chi connectivity index (χ0n) is 12.5. The summed E-state index contributed by atoms with van der Waals surface area (Å²) in [6.45, 7) is 4.80. The second-order valence-electron chi connectivity index (χ2n) is 5.47. The van der Waals surface area contributed by atoms with Crippen molar-refractivity contribution in [2.75, 3.05) is 39.9 Å². The second kappa shape index (κ2) is 8.70. The van der Waals surface area contributed by atoms with Gasteiger partial charge in [-0.25, -0.2) is 0 Å². The summed E-state index contributed by atoms with van der Waals surface area (Å²) in [6, 6.07) is 7.70. The van der Waals surface area contributed by atoms with Crippen molar-refractivity contribution in [2.45, 2.75) is 12.8 Å². The normalized spacial score (nSPS) is 16.9. The van der Waals surface area contributed by atoms with Crippen LogP contribution in [0, 0.1) is 9.49 Å². The molecule has 0 unspecified atom stereocenters. The largest absolute Gasteiger partial charge is 0.383 e. The van der Waals surface area contributed by atoms with Crippen LogP contribution in [0.3, 0.4) is 0 Å². The van der Waals surface area contributed by atoms with Gasteiger partial charge in [-0.15, -0.1) is 0 Å². The number of nitrogens with zero attached hydrogens (tertiary/aromatic N) is 1. The Balaban J connectivity index is 1.72. The minimum atomic E-state index is 0.0433. The maximum absolute atomic E-state index is 12.2. The minimum absolute atomic E-state index is 0.0433. The molecule has 1 aromatic carbocycles. The van der Waals surface area contributed by atoms with Gasteiger partial charge in [0.05, 0.1) is 12.2 Å². The molecule has 5 heteroatoms. The summed E-state index contributed by atoms with van der Waals surface area (Å²) < 4.78 is 6.11. The van der Waals surface area contributed by atoms with Gasteiger partial charge >= 0.3 is 0 Å². The van der Waals surface area contributed by atoms with Gasteiger partial charge in [0.25, 0.3) is 5.91 Å². The summed E-state index contributed by atoms with van der Waals surface area (Å²) in [4.78, 5) is 14.6. The van der Waals surface area contributed by atoms with Gasteiger partial charge in [-0.1, -0.05) is 12.1 Å². The van der Waals surface area contributed by atoms with E-state index in [1.165, 1.54) is 0 Å². The molecule has 1 aliphatic rings. The molecule has 2 rings (SSSR count). The van der Waals surface area contributed by atoms with Crippen molar-refractivity contribution in [3.8, 4) is 0 Å². The quantitative estimate of drug-likeness (QED) is 0.744. The molecule has 21 heavy (non-hydrogen) atoms. The number of nitrogens with one attached hydrogen (secondary N) is 1. The van der Waals surface area contributed by atoms with Crippen LogP contribution in [0.4, 0.5) is 0 Å². The van der Waals surface area contributed by atoms with E-state index in [0.29, 0.717) is 5.92 Å². The molecule has 1 aliphatic heterocycles. The first kappa shape index (κ1) is 16.7. The number of rotatable bonds is 6. The predicted molar refractivity (Wildman–Crippen MR) is 92.5 cm³/mol. The third-order valence-electron chi connectivity index (χ3n) is 3.99. The highest BCUT2D eigenvalue weighted by Gasteiger charge is 2.19. The lowest BCUT2D eigenvalue weighted by atomic mass is 9.96. The van der Waals surface area contributed by atoms with E-state index in [-0.39, 0.29) is 5.91 Å². The highest BCUT2D eigenvalue weighted by atomic mass is 127. The average molecular weight is 402 g/mol. The molecule has 1 amide bonds. The van der Waals surface area contributed by atoms with Crippen LogP contribution in [0.1, 0.15) is 23.2 Å². The Morgan fingerprint density at radius 1 is 1.38 bits per heavy atom. The van der Waals surface area contributed by atoms with E-state index in [0.717, 1.165) is 54.8 Å². The van der Waals surface area contributed by atoms with Crippen LogP contribution in [-0.2, 0) is 4.74 Å². The number of benzene rings is 1. The molecular weight excluding hydrogens is 379 g/mol. The molecule has 0 atom stereocenters. The van der Waals surface area contributed by atoms with E-state index in [1.807, 2.05) is 24.3 Å². The van der Waals surface area contributed by atoms with Gasteiger partial charge in [0.2, 0.25) is 0 Å². The van der Waals surface area contributed by atoms with E-state index >= 15 is 0 Å². The fourth-order valence-corrected chi connectivity index (χ4v) is 3.24. The predicted octanol–water partition coefficient (Wildman–Crippen LogP) is 2.38. The molecule has 1 aromatic rings. The molecule has 0 aromatic heterocycles. The van der Waals surface area contributed by atoms with Crippen LogP contribution in [0.25, 0.3) is 0 Å². The number of hydrogen-bond donors (Lipinski definition) is 1. The van der Waals surface area contributed by atoms with Crippen molar-refractivity contribution in [3.05, 3.63) is 33.4 Å². The fraction of sp³-hybridized carbons (Fsp3) is 0.562. The number of halogens is 1. The molecule has 1 N–H and O–H groups in total. The van der Waals surface area contributed by atoms with Gasteiger partial charge in [-0.05, 0) is 66.6 Å². The van der Waals surface area contributed by atoms with Crippen molar-refractivity contribution >= 4 is 28.5 Å². The van der Waals surface area contributed by atoms with E-state index in [1.54, 1.807) is 7.11 Å². The maximum atomic E-state index is 12.2. The lowest BCUT2D eigenvalue weighted by Gasteiger charge is -2.31. The molecule has 0 spiro atoms. The Morgan fingerprint density at radius 2 is 2.10 bits per heavy atom. The molecule has 4 nitrogen and oxygen atoms in total. The summed E-state index contributed by atoms with van der Waals surface area (Å²) in [5.74, 6) is 0.635. The molecule has 1 heterocycles. The van der Waals surface area contributed by atoms with Crippen molar-refractivity contribution in [3.63, 3.8) is 0 Å². The zero-order chi connectivity index (χ0) is 15.1. The number of ether oxygens (including phenoxy) is 1. The van der Waals surface area contributed by atoms with Crippen LogP contribution in [0.2, 0.25) is 0 Å². The number of likely N-dealkylation sites (tertiary alicyclic amines) is 1. The van der Waals surface area contributed by atoms with E-state index < -0.39 is 0 Å². The van der Waals surface area contributed by atoms with Gasteiger partial charge in [-0.3, -0.25) is 4.79 Å². The molecule has 1 saturated heterocycles. The Morgan fingerprint density at radius 3 is 2.76 bits per heavy atom. The molecule has 0 bridgehead atoms. The van der Waals surface area contributed by atoms with E-state index in [9.17, 15) is 4.79 Å². The smallest absolute Gasteiger partial charge is 0.252 e. The van der Waals surface area contributed by atoms with Gasteiger partial charge < -0.3 is 15.0 Å². The van der Waals surface area contributed by atoms with Crippen LogP contribution in [0.15, 0.2) is 24.3 Å². The molecule has 0 saturated carbocycles. The third kappa shape index (κ3) is 5.23. The van der Waals surface area contributed by atoms with E-state index in [4.69, 9.17) is 4.74 Å². The minimum Gasteiger partial charge on any atom is -0.383 e. The summed E-state index contributed by atoms with van der Waals surface area (Å²) in [6.07, 6.45) is 2.30. The summed E-state index contributed by atoms with van der Waals surface area (Å²) >= 11 is 2.21. The number of carbonyl (C=O) groups excluding carboxylic acids is 1. The number of carbonyl (C=O) groups is 1. The lowest BCUT2D eigenvalue weighted by molar-refractivity contribution is 0.0925. The Bertz CT molecular complexity index is 459. The van der Waals surface area contributed by atoms with Crippen molar-refractivity contribution in [1.29, 1.82) is 0 Å². The second-order valence-corrected chi connectivity index (χ2v) is 6.63. The monoisotopic (exact) mass is 402 g/mol. The number of amides is 1. The van der Waals surface area contributed by atoms with Crippen LogP contribution in [0.5, 0.6) is 0 Å². The summed E-state index contributed by atoms with van der Waals surface area (Å²) in [5, 5.41) is 3.08. The van der Waals surface area contributed by atoms with Crippen molar-refractivity contribution in [1.82, 2.24) is 10.2 Å². The third-order valence-corrected chi connectivity index (χ3v) is 4.93. The first-order valence-corrected chi connectivity index (χ1v) is 8.52. The van der Waals surface area contributed by atoms with Gasteiger partial charge in [-0.2, -0.15) is 0 Å². The standard InChI is InChI=1S/C16H23IN2O2/c1-21-11-10-19-8-6-13(7-9-19)12-18-16(20)14-4-2-3-5-15(14)17/h2-5,13H,6-12H2,1H3,(H,18,20). The van der Waals surface area contributed by atoms with Gasteiger partial charge in [0.1, 0.15) is 0 Å². The Hall–Kier alpha value is -0.660. The van der Waals surface area contributed by atoms with Crippen LogP contribution >= 0.6 is 22.6 Å². The van der Waals surface area contributed by atoms with E-state index in [2.05, 4.69) is 32.8 Å². The summed E-state index contributed by atoms with van der Waals surface area (Å²) in [7, 11) is 1.74. The highest BCUT2D eigenvalue weighted by molar-refractivity contribution is 14.1. The molecule has 0 radical (unpaired) electrons. The summed E-state index contributed by atoms with van der Waals surface area (Å²) in [5.41, 5.74) is 0.774. The molecular formula is C16H23IN2O2. The van der Waals surface area contributed by atoms with Crippen molar-refractivity contribution < 1.29 is 9.53 Å². The Labute approximate surface area is 140 Å². The van der Waals surface area contributed by atoms with Gasteiger partial charge in [0, 0.05) is 23.8 Å². The van der Waals surface area contributed by atoms with Gasteiger partial charge in [0.15, 0.2) is 0 Å². The number of piperidine rings is 1. The highest BCUT2D eigenvalue weighted by Crippen LogP contribution is 2.17. The number of methoxy groups -OCH3 is 1. The first-order valence-electron chi connectivity index (χ1n) is 7.44. The first-order chi connectivity index (χ1) is 10.2. The Kier molecular flexibility index (Phi) is 6.92. The van der Waals surface area contributed by atoms with Crippen molar-refractivity contribution in [2.24, 2.45) is 5.92 Å². The zero-order valence-corrected chi connectivity index (χ0v) is 14.6. The SMILES string of the molecule is COCCN1CCC(CNC(=O)c2ccccc2I)CC1. The average Bonchev–Trinajstić information content (AvgIpc) is 2.52. The maximum Gasteiger partial charge on any atom is 0.252 e.